The van der Waals surface area contributed by atoms with Crippen molar-refractivity contribution in [1.29, 1.82) is 0 Å². The number of anilines is 1. The van der Waals surface area contributed by atoms with Gasteiger partial charge in [-0.15, -0.1) is 0 Å². The predicted molar refractivity (Wildman–Crippen MR) is 60.5 cm³/mol. The average molecular weight is 243 g/mol. The molecule has 0 saturated carbocycles. The lowest BCUT2D eigenvalue weighted by molar-refractivity contribution is -0.139. The molecule has 0 aliphatic rings. The topological polar surface area (TPSA) is 72.5 Å². The number of ether oxygens (including phenoxy) is 1. The van der Waals surface area contributed by atoms with E-state index in [9.17, 15) is 13.2 Å². The molecule has 0 saturated heterocycles. The first-order valence-corrected chi connectivity index (χ1v) is 6.16. The third-order valence-corrected chi connectivity index (χ3v) is 3.68. The second-order valence-electron chi connectivity index (χ2n) is 3.18. The van der Waals surface area contributed by atoms with Crippen molar-refractivity contribution in [1.82, 2.24) is 0 Å². The van der Waals surface area contributed by atoms with Gasteiger partial charge < -0.3 is 4.74 Å². The van der Waals surface area contributed by atoms with Crippen LogP contribution in [0.5, 0.6) is 0 Å². The second kappa shape index (κ2) is 4.98. The third-order valence-electron chi connectivity index (χ3n) is 2.03. The van der Waals surface area contributed by atoms with Crippen LogP contribution in [0, 0.1) is 0 Å². The first-order valence-electron chi connectivity index (χ1n) is 4.62. The Balaban J connectivity index is 2.84. The minimum absolute atomic E-state index is 0.415. The van der Waals surface area contributed by atoms with Crippen LogP contribution < -0.4 is 4.72 Å². The number of methoxy groups -OCH3 is 1. The van der Waals surface area contributed by atoms with Gasteiger partial charge in [0.05, 0.1) is 7.11 Å². The molecule has 0 heterocycles. The number of rotatable bonds is 4. The standard InChI is InChI=1S/C10H13NO4S/c1-8(10(12)15-2)16(13,14)11-9-6-4-3-5-7-9/h3-8,11H,1-2H3. The van der Waals surface area contributed by atoms with Crippen LogP contribution in [0.25, 0.3) is 0 Å². The number of para-hydroxylation sites is 1. The number of carbonyl (C=O) groups excluding carboxylic acids is 1. The summed E-state index contributed by atoms with van der Waals surface area (Å²) in [6.07, 6.45) is 0. The van der Waals surface area contributed by atoms with Crippen molar-refractivity contribution in [3.63, 3.8) is 0 Å². The largest absolute Gasteiger partial charge is 0.468 e. The lowest BCUT2D eigenvalue weighted by Crippen LogP contribution is -2.33. The zero-order valence-corrected chi connectivity index (χ0v) is 9.82. The summed E-state index contributed by atoms with van der Waals surface area (Å²) in [5.74, 6) is -0.788. The lowest BCUT2D eigenvalue weighted by Gasteiger charge is -2.12. The molecule has 0 amide bonds. The molecule has 0 radical (unpaired) electrons. The summed E-state index contributed by atoms with van der Waals surface area (Å²) in [4.78, 5) is 11.1. The molecule has 0 bridgehead atoms. The molecule has 0 fully saturated rings. The highest BCUT2D eigenvalue weighted by atomic mass is 32.2. The maximum Gasteiger partial charge on any atom is 0.325 e. The van der Waals surface area contributed by atoms with E-state index in [1.807, 2.05) is 0 Å². The third kappa shape index (κ3) is 2.96. The SMILES string of the molecule is COC(=O)C(C)S(=O)(=O)Nc1ccccc1. The fourth-order valence-electron chi connectivity index (χ4n) is 1.05. The van der Waals surface area contributed by atoms with Crippen LogP contribution in [-0.4, -0.2) is 26.7 Å². The van der Waals surface area contributed by atoms with Crippen molar-refractivity contribution >= 4 is 21.7 Å². The Labute approximate surface area is 94.5 Å². The molecule has 1 atom stereocenters. The molecular formula is C10H13NO4S. The summed E-state index contributed by atoms with van der Waals surface area (Å²) in [6, 6.07) is 8.35. The zero-order valence-electron chi connectivity index (χ0n) is 9.01. The predicted octanol–water partition coefficient (Wildman–Crippen LogP) is 0.990. The second-order valence-corrected chi connectivity index (χ2v) is 5.18. The van der Waals surface area contributed by atoms with Crippen LogP contribution in [0.3, 0.4) is 0 Å². The summed E-state index contributed by atoms with van der Waals surface area (Å²) in [7, 11) is -2.60. The van der Waals surface area contributed by atoms with Crippen LogP contribution in [0.4, 0.5) is 5.69 Å². The Kier molecular flexibility index (Phi) is 3.89. The highest BCUT2D eigenvalue weighted by molar-refractivity contribution is 7.94. The first kappa shape index (κ1) is 12.5. The molecule has 1 rings (SSSR count). The van der Waals surface area contributed by atoms with E-state index in [1.165, 1.54) is 6.92 Å². The summed E-state index contributed by atoms with van der Waals surface area (Å²) in [5.41, 5.74) is 0.415. The van der Waals surface area contributed by atoms with Crippen molar-refractivity contribution in [3.05, 3.63) is 30.3 Å². The summed E-state index contributed by atoms with van der Waals surface area (Å²) >= 11 is 0. The molecule has 0 aliphatic heterocycles. The maximum absolute atomic E-state index is 11.7. The first-order chi connectivity index (χ1) is 7.47. The van der Waals surface area contributed by atoms with E-state index >= 15 is 0 Å². The summed E-state index contributed by atoms with van der Waals surface area (Å²) in [5, 5.41) is -1.24. The molecule has 16 heavy (non-hydrogen) atoms. The van der Waals surface area contributed by atoms with Gasteiger partial charge in [0, 0.05) is 5.69 Å². The minimum Gasteiger partial charge on any atom is -0.468 e. The Morgan fingerprint density at radius 2 is 1.88 bits per heavy atom. The van der Waals surface area contributed by atoms with Gasteiger partial charge in [-0.3, -0.25) is 9.52 Å². The van der Waals surface area contributed by atoms with Crippen LogP contribution in [0.1, 0.15) is 6.92 Å². The van der Waals surface area contributed by atoms with Crippen molar-refractivity contribution in [2.24, 2.45) is 0 Å². The van der Waals surface area contributed by atoms with Crippen molar-refractivity contribution in [2.45, 2.75) is 12.2 Å². The van der Waals surface area contributed by atoms with Gasteiger partial charge in [-0.1, -0.05) is 18.2 Å². The molecular weight excluding hydrogens is 230 g/mol. The van der Waals surface area contributed by atoms with Crippen molar-refractivity contribution in [3.8, 4) is 0 Å². The van der Waals surface area contributed by atoms with E-state index in [0.29, 0.717) is 5.69 Å². The lowest BCUT2D eigenvalue weighted by atomic mass is 10.3. The number of esters is 1. The number of hydrogen-bond acceptors (Lipinski definition) is 4. The molecule has 1 unspecified atom stereocenters. The fraction of sp³-hybridized carbons (Fsp3) is 0.300. The molecule has 0 aromatic heterocycles. The normalized spacial score (nSPS) is 12.9. The molecule has 5 nitrogen and oxygen atoms in total. The monoisotopic (exact) mass is 243 g/mol. The van der Waals surface area contributed by atoms with Gasteiger partial charge >= 0.3 is 5.97 Å². The van der Waals surface area contributed by atoms with E-state index in [1.54, 1.807) is 30.3 Å². The zero-order chi connectivity index (χ0) is 12.2. The van der Waals surface area contributed by atoms with Gasteiger partial charge in [-0.05, 0) is 19.1 Å². The summed E-state index contributed by atoms with van der Waals surface area (Å²) < 4.78 is 30.1. The molecule has 1 aromatic carbocycles. The van der Waals surface area contributed by atoms with Crippen LogP contribution in [0.15, 0.2) is 30.3 Å². The van der Waals surface area contributed by atoms with Gasteiger partial charge in [-0.25, -0.2) is 8.42 Å². The molecule has 1 aromatic rings. The maximum atomic E-state index is 11.7. The fourth-order valence-corrected chi connectivity index (χ4v) is 2.04. The Morgan fingerprint density at radius 3 is 2.38 bits per heavy atom. The van der Waals surface area contributed by atoms with Crippen LogP contribution >= 0.6 is 0 Å². The van der Waals surface area contributed by atoms with E-state index in [0.717, 1.165) is 7.11 Å². The molecule has 1 N–H and O–H groups in total. The Morgan fingerprint density at radius 1 is 1.31 bits per heavy atom. The van der Waals surface area contributed by atoms with Gasteiger partial charge in [0.2, 0.25) is 10.0 Å². The number of carbonyl (C=O) groups is 1. The van der Waals surface area contributed by atoms with Gasteiger partial charge in [0.15, 0.2) is 5.25 Å². The van der Waals surface area contributed by atoms with E-state index in [4.69, 9.17) is 0 Å². The van der Waals surface area contributed by atoms with E-state index in [-0.39, 0.29) is 0 Å². The number of nitrogens with one attached hydrogen (secondary N) is 1. The average Bonchev–Trinajstić information content (AvgIpc) is 2.27. The number of benzene rings is 1. The van der Waals surface area contributed by atoms with Crippen LogP contribution in [-0.2, 0) is 19.6 Å². The molecule has 0 spiro atoms. The highest BCUT2D eigenvalue weighted by Gasteiger charge is 2.28. The van der Waals surface area contributed by atoms with E-state index < -0.39 is 21.2 Å². The van der Waals surface area contributed by atoms with Gasteiger partial charge in [0.1, 0.15) is 0 Å². The Bertz CT molecular complexity index is 455. The van der Waals surface area contributed by atoms with Crippen LogP contribution in [0.2, 0.25) is 0 Å². The summed E-state index contributed by atoms with van der Waals surface area (Å²) in [6.45, 7) is 1.27. The molecule has 0 aliphatic carbocycles. The van der Waals surface area contributed by atoms with E-state index in [2.05, 4.69) is 9.46 Å². The van der Waals surface area contributed by atoms with Crippen molar-refractivity contribution < 1.29 is 17.9 Å². The minimum atomic E-state index is -3.75. The molecule has 88 valence electrons. The Hall–Kier alpha value is -1.56. The quantitative estimate of drug-likeness (QED) is 0.800. The smallest absolute Gasteiger partial charge is 0.325 e. The van der Waals surface area contributed by atoms with Crippen molar-refractivity contribution in [2.75, 3.05) is 11.8 Å². The molecule has 6 heteroatoms. The number of hydrogen-bond donors (Lipinski definition) is 1. The number of sulfonamides is 1. The van der Waals surface area contributed by atoms with Gasteiger partial charge in [0.25, 0.3) is 0 Å². The highest BCUT2D eigenvalue weighted by Crippen LogP contribution is 2.11. The van der Waals surface area contributed by atoms with Gasteiger partial charge in [-0.2, -0.15) is 0 Å².